The maximum atomic E-state index is 5.96. The molecule has 0 fully saturated rings. The van der Waals surface area contributed by atoms with Gasteiger partial charge >= 0.3 is 0 Å². The zero-order chi connectivity index (χ0) is 13.8. The number of hydrogen-bond acceptors (Lipinski definition) is 2. The molecule has 0 aromatic heterocycles. The van der Waals surface area contributed by atoms with Gasteiger partial charge in [0.25, 0.3) is 0 Å². The number of aryl methyl sites for hydroxylation is 1. The Morgan fingerprint density at radius 3 is 2.44 bits per heavy atom. The van der Waals surface area contributed by atoms with Gasteiger partial charge in [0, 0.05) is 0 Å². The zero-order valence-corrected chi connectivity index (χ0v) is 12.4. The highest BCUT2D eigenvalue weighted by Crippen LogP contribution is 2.28. The third kappa shape index (κ3) is 4.34. The molecule has 0 aliphatic carbocycles. The number of hydrogen-bond donors (Lipinski definition) is 1. The van der Waals surface area contributed by atoms with Crippen LogP contribution in [0.1, 0.15) is 51.7 Å². The Bertz CT molecular complexity index is 379. The summed E-state index contributed by atoms with van der Waals surface area (Å²) in [6.07, 6.45) is 2.25. The zero-order valence-electron chi connectivity index (χ0n) is 12.4. The molecule has 1 aromatic carbocycles. The van der Waals surface area contributed by atoms with Crippen LogP contribution < -0.4 is 10.5 Å². The van der Waals surface area contributed by atoms with Crippen molar-refractivity contribution in [1.29, 1.82) is 0 Å². The third-order valence-corrected chi connectivity index (χ3v) is 3.18. The fraction of sp³-hybridized carbons (Fsp3) is 0.625. The molecule has 0 spiro atoms. The van der Waals surface area contributed by atoms with E-state index in [0.29, 0.717) is 0 Å². The first-order chi connectivity index (χ1) is 8.34. The minimum atomic E-state index is 0.189. The lowest BCUT2D eigenvalue weighted by atomic mass is 9.86. The second-order valence-corrected chi connectivity index (χ2v) is 6.09. The topological polar surface area (TPSA) is 35.2 Å². The van der Waals surface area contributed by atoms with Gasteiger partial charge in [0.2, 0.25) is 0 Å². The molecule has 0 heterocycles. The molecule has 0 saturated heterocycles. The smallest absolute Gasteiger partial charge is 0.122 e. The predicted molar refractivity (Wildman–Crippen MR) is 78.3 cm³/mol. The highest BCUT2D eigenvalue weighted by molar-refractivity contribution is 5.38. The van der Waals surface area contributed by atoms with E-state index in [2.05, 4.69) is 52.8 Å². The molecule has 0 aliphatic heterocycles. The first kappa shape index (κ1) is 15.0. The van der Waals surface area contributed by atoms with Crippen molar-refractivity contribution in [2.75, 3.05) is 6.54 Å². The fourth-order valence-electron chi connectivity index (χ4n) is 1.93. The van der Waals surface area contributed by atoms with Gasteiger partial charge in [0.1, 0.15) is 5.75 Å². The largest absolute Gasteiger partial charge is 0.490 e. The van der Waals surface area contributed by atoms with E-state index >= 15 is 0 Å². The lowest BCUT2D eigenvalue weighted by Gasteiger charge is -2.22. The highest BCUT2D eigenvalue weighted by atomic mass is 16.5. The molecular weight excluding hydrogens is 222 g/mol. The fourth-order valence-corrected chi connectivity index (χ4v) is 1.93. The van der Waals surface area contributed by atoms with E-state index < -0.39 is 0 Å². The summed E-state index contributed by atoms with van der Waals surface area (Å²) in [5.74, 6) is 0.993. The molecule has 0 amide bonds. The van der Waals surface area contributed by atoms with Crippen LogP contribution in [0.4, 0.5) is 0 Å². The third-order valence-electron chi connectivity index (χ3n) is 3.18. The molecule has 1 atom stereocenters. The average molecular weight is 249 g/mol. The molecule has 0 aliphatic rings. The summed E-state index contributed by atoms with van der Waals surface area (Å²) in [6.45, 7) is 11.6. The molecule has 2 nitrogen and oxygen atoms in total. The summed E-state index contributed by atoms with van der Waals surface area (Å²) < 4.78 is 5.96. The lowest BCUT2D eigenvalue weighted by Crippen LogP contribution is -2.15. The minimum absolute atomic E-state index is 0.189. The van der Waals surface area contributed by atoms with Gasteiger partial charge < -0.3 is 10.5 Å². The van der Waals surface area contributed by atoms with Crippen LogP contribution >= 0.6 is 0 Å². The first-order valence-corrected chi connectivity index (χ1v) is 6.82. The molecule has 1 aromatic rings. The second kappa shape index (κ2) is 6.24. The minimum Gasteiger partial charge on any atom is -0.490 e. The van der Waals surface area contributed by atoms with Crippen LogP contribution in [0.3, 0.4) is 0 Å². The van der Waals surface area contributed by atoms with Crippen molar-refractivity contribution in [3.63, 3.8) is 0 Å². The van der Waals surface area contributed by atoms with Gasteiger partial charge in [-0.2, -0.15) is 0 Å². The van der Waals surface area contributed by atoms with E-state index in [1.54, 1.807) is 0 Å². The van der Waals surface area contributed by atoms with Crippen molar-refractivity contribution >= 4 is 0 Å². The van der Waals surface area contributed by atoms with Crippen molar-refractivity contribution in [2.24, 2.45) is 5.73 Å². The van der Waals surface area contributed by atoms with Gasteiger partial charge in [0.15, 0.2) is 0 Å². The van der Waals surface area contributed by atoms with E-state index in [-0.39, 0.29) is 11.5 Å². The Labute approximate surface area is 112 Å². The van der Waals surface area contributed by atoms with Crippen LogP contribution in [0, 0.1) is 6.92 Å². The van der Waals surface area contributed by atoms with Crippen LogP contribution in [0.2, 0.25) is 0 Å². The Balaban J connectivity index is 2.74. The summed E-state index contributed by atoms with van der Waals surface area (Å²) in [6, 6.07) is 6.48. The van der Waals surface area contributed by atoms with Crippen LogP contribution in [-0.4, -0.2) is 12.6 Å². The molecule has 18 heavy (non-hydrogen) atoms. The monoisotopic (exact) mass is 249 g/mol. The molecule has 0 radical (unpaired) electrons. The van der Waals surface area contributed by atoms with Crippen LogP contribution in [0.5, 0.6) is 5.75 Å². The molecular formula is C16H27NO. The Hall–Kier alpha value is -1.02. The van der Waals surface area contributed by atoms with Crippen LogP contribution in [-0.2, 0) is 5.41 Å². The molecule has 0 saturated carbocycles. The predicted octanol–water partition coefficient (Wildman–Crippen LogP) is 3.80. The molecule has 0 bridgehead atoms. The molecule has 102 valence electrons. The van der Waals surface area contributed by atoms with Crippen molar-refractivity contribution in [3.8, 4) is 5.75 Å². The number of rotatable bonds is 5. The van der Waals surface area contributed by atoms with E-state index in [1.807, 2.05) is 0 Å². The Morgan fingerprint density at radius 1 is 1.28 bits per heavy atom. The number of ether oxygens (including phenoxy) is 1. The van der Waals surface area contributed by atoms with Gasteiger partial charge in [-0.3, -0.25) is 0 Å². The maximum absolute atomic E-state index is 5.96. The van der Waals surface area contributed by atoms with Gasteiger partial charge in [-0.15, -0.1) is 0 Å². The van der Waals surface area contributed by atoms with Gasteiger partial charge in [-0.1, -0.05) is 32.9 Å². The molecule has 2 heteroatoms. The van der Waals surface area contributed by atoms with Gasteiger partial charge in [-0.25, -0.2) is 0 Å². The molecule has 1 unspecified atom stereocenters. The summed E-state index contributed by atoms with van der Waals surface area (Å²) in [4.78, 5) is 0. The number of benzene rings is 1. The normalized spacial score (nSPS) is 13.4. The van der Waals surface area contributed by atoms with Crippen molar-refractivity contribution in [1.82, 2.24) is 0 Å². The second-order valence-electron chi connectivity index (χ2n) is 6.09. The van der Waals surface area contributed by atoms with Crippen molar-refractivity contribution in [3.05, 3.63) is 29.3 Å². The maximum Gasteiger partial charge on any atom is 0.122 e. The van der Waals surface area contributed by atoms with E-state index in [1.165, 1.54) is 11.1 Å². The Morgan fingerprint density at radius 2 is 1.94 bits per heavy atom. The lowest BCUT2D eigenvalue weighted by molar-refractivity contribution is 0.207. The van der Waals surface area contributed by atoms with Crippen molar-refractivity contribution < 1.29 is 4.74 Å². The van der Waals surface area contributed by atoms with Gasteiger partial charge in [0.05, 0.1) is 6.10 Å². The summed E-state index contributed by atoms with van der Waals surface area (Å²) >= 11 is 0. The Kier molecular flexibility index (Phi) is 5.21. The van der Waals surface area contributed by atoms with Crippen molar-refractivity contribution in [2.45, 2.75) is 59.0 Å². The quantitative estimate of drug-likeness (QED) is 0.861. The number of nitrogens with two attached hydrogens (primary N) is 1. The average Bonchev–Trinajstić information content (AvgIpc) is 2.27. The molecule has 1 rings (SSSR count). The highest BCUT2D eigenvalue weighted by Gasteiger charge is 2.15. The SMILES string of the molecule is Cc1cc(C(C)(C)C)ccc1OC(C)CCCN. The molecule has 2 N–H and O–H groups in total. The standard InChI is InChI=1S/C16H27NO/c1-12-11-14(16(3,4)5)8-9-15(12)18-13(2)7-6-10-17/h8-9,11,13H,6-7,10,17H2,1-5H3. The summed E-state index contributed by atoms with van der Waals surface area (Å²) in [5, 5.41) is 0. The first-order valence-electron chi connectivity index (χ1n) is 6.82. The summed E-state index contributed by atoms with van der Waals surface area (Å²) in [7, 11) is 0. The van der Waals surface area contributed by atoms with E-state index in [4.69, 9.17) is 10.5 Å². The van der Waals surface area contributed by atoms with E-state index in [9.17, 15) is 0 Å². The van der Waals surface area contributed by atoms with Crippen LogP contribution in [0.15, 0.2) is 18.2 Å². The van der Waals surface area contributed by atoms with Crippen LogP contribution in [0.25, 0.3) is 0 Å². The van der Waals surface area contributed by atoms with Gasteiger partial charge in [-0.05, 0) is 55.8 Å². The summed E-state index contributed by atoms with van der Waals surface area (Å²) in [5.41, 5.74) is 8.26. The van der Waals surface area contributed by atoms with E-state index in [0.717, 1.165) is 25.1 Å².